The maximum absolute atomic E-state index is 9.21. The minimum atomic E-state index is 0.476. The molecule has 0 saturated heterocycles. The predicted octanol–water partition coefficient (Wildman–Crippen LogP) is 4.63. The van der Waals surface area contributed by atoms with E-state index in [-0.39, 0.29) is 0 Å². The maximum atomic E-state index is 9.21. The standard InChI is InChI=1S/C18H19ClN2O/c1-4-16-14(12-21(2)3)6-5-7-17(16)22-18-10-15(19)9-8-13(18)11-20/h5-10H,4,12H2,1-3H3. The van der Waals surface area contributed by atoms with Crippen LogP contribution in [0.2, 0.25) is 5.02 Å². The van der Waals surface area contributed by atoms with E-state index in [4.69, 9.17) is 16.3 Å². The van der Waals surface area contributed by atoms with E-state index in [2.05, 4.69) is 24.0 Å². The van der Waals surface area contributed by atoms with Gasteiger partial charge in [-0.1, -0.05) is 30.7 Å². The summed E-state index contributed by atoms with van der Waals surface area (Å²) in [6, 6.07) is 13.2. The molecule has 2 rings (SSSR count). The van der Waals surface area contributed by atoms with Gasteiger partial charge in [0.25, 0.3) is 0 Å². The van der Waals surface area contributed by atoms with Crippen LogP contribution in [0.15, 0.2) is 36.4 Å². The summed E-state index contributed by atoms with van der Waals surface area (Å²) in [7, 11) is 4.08. The van der Waals surface area contributed by atoms with Crippen LogP contribution in [-0.4, -0.2) is 19.0 Å². The lowest BCUT2D eigenvalue weighted by Crippen LogP contribution is -2.12. The monoisotopic (exact) mass is 314 g/mol. The molecule has 0 aliphatic rings. The van der Waals surface area contributed by atoms with Gasteiger partial charge in [0.2, 0.25) is 0 Å². The predicted molar refractivity (Wildman–Crippen MR) is 89.5 cm³/mol. The van der Waals surface area contributed by atoms with Gasteiger partial charge < -0.3 is 9.64 Å². The van der Waals surface area contributed by atoms with Crippen molar-refractivity contribution >= 4 is 11.6 Å². The molecule has 0 radical (unpaired) electrons. The van der Waals surface area contributed by atoms with Crippen molar-refractivity contribution in [1.82, 2.24) is 4.90 Å². The third-order valence-corrected chi connectivity index (χ3v) is 3.59. The average molecular weight is 315 g/mol. The van der Waals surface area contributed by atoms with Gasteiger partial charge in [0.15, 0.2) is 0 Å². The summed E-state index contributed by atoms with van der Waals surface area (Å²) < 4.78 is 6.00. The first kappa shape index (κ1) is 16.4. The van der Waals surface area contributed by atoms with Crippen LogP contribution < -0.4 is 4.74 Å². The van der Waals surface area contributed by atoms with Crippen molar-refractivity contribution < 1.29 is 4.74 Å². The van der Waals surface area contributed by atoms with Crippen LogP contribution in [0.5, 0.6) is 11.5 Å². The lowest BCUT2D eigenvalue weighted by molar-refractivity contribution is 0.398. The second kappa shape index (κ2) is 7.31. The fourth-order valence-electron chi connectivity index (χ4n) is 2.39. The molecule has 0 bridgehead atoms. The molecule has 22 heavy (non-hydrogen) atoms. The first-order chi connectivity index (χ1) is 10.5. The Kier molecular flexibility index (Phi) is 5.43. The summed E-state index contributed by atoms with van der Waals surface area (Å²) >= 11 is 6.02. The van der Waals surface area contributed by atoms with E-state index in [0.717, 1.165) is 24.3 Å². The minimum Gasteiger partial charge on any atom is -0.456 e. The fourth-order valence-corrected chi connectivity index (χ4v) is 2.55. The molecule has 2 aromatic rings. The molecule has 0 fully saturated rings. The summed E-state index contributed by atoms with van der Waals surface area (Å²) in [5.41, 5.74) is 2.86. The van der Waals surface area contributed by atoms with Crippen molar-refractivity contribution in [2.45, 2.75) is 19.9 Å². The van der Waals surface area contributed by atoms with Crippen LogP contribution in [0.25, 0.3) is 0 Å². The Balaban J connectivity index is 2.42. The molecule has 114 valence electrons. The maximum Gasteiger partial charge on any atom is 0.146 e. The van der Waals surface area contributed by atoms with E-state index in [1.807, 2.05) is 26.2 Å². The molecule has 0 aromatic heterocycles. The lowest BCUT2D eigenvalue weighted by atomic mass is 10.0. The Hall–Kier alpha value is -2.02. The van der Waals surface area contributed by atoms with Gasteiger partial charge in [-0.2, -0.15) is 5.26 Å². The molecule has 2 aromatic carbocycles. The average Bonchev–Trinajstić information content (AvgIpc) is 2.47. The number of hydrogen-bond donors (Lipinski definition) is 0. The molecule has 0 saturated carbocycles. The molecule has 0 N–H and O–H groups in total. The third-order valence-electron chi connectivity index (χ3n) is 3.35. The van der Waals surface area contributed by atoms with Crippen molar-refractivity contribution in [3.05, 3.63) is 58.1 Å². The SMILES string of the molecule is CCc1c(CN(C)C)cccc1Oc1cc(Cl)ccc1C#N. The number of benzene rings is 2. The molecule has 0 aliphatic carbocycles. The van der Waals surface area contributed by atoms with E-state index >= 15 is 0 Å². The van der Waals surface area contributed by atoms with Gasteiger partial charge in [-0.3, -0.25) is 0 Å². The van der Waals surface area contributed by atoms with E-state index in [0.29, 0.717) is 16.3 Å². The van der Waals surface area contributed by atoms with Crippen molar-refractivity contribution in [1.29, 1.82) is 5.26 Å². The third kappa shape index (κ3) is 3.79. The molecule has 0 heterocycles. The zero-order chi connectivity index (χ0) is 16.1. The summed E-state index contributed by atoms with van der Waals surface area (Å²) in [6.45, 7) is 2.95. The van der Waals surface area contributed by atoms with Crippen LogP contribution in [0.3, 0.4) is 0 Å². The Bertz CT molecular complexity index is 705. The lowest BCUT2D eigenvalue weighted by Gasteiger charge is -2.17. The number of nitriles is 1. The van der Waals surface area contributed by atoms with Crippen LogP contribution >= 0.6 is 11.6 Å². The molecule has 0 amide bonds. The molecule has 0 aliphatic heterocycles. The highest BCUT2D eigenvalue weighted by atomic mass is 35.5. The largest absolute Gasteiger partial charge is 0.456 e. The quantitative estimate of drug-likeness (QED) is 0.807. The summed E-state index contributed by atoms with van der Waals surface area (Å²) in [5, 5.41) is 9.76. The van der Waals surface area contributed by atoms with Crippen molar-refractivity contribution in [2.24, 2.45) is 0 Å². The number of hydrogen-bond acceptors (Lipinski definition) is 3. The summed E-state index contributed by atoms with van der Waals surface area (Å²) in [4.78, 5) is 2.12. The molecule has 0 atom stereocenters. The molecule has 3 nitrogen and oxygen atoms in total. The molecule has 4 heteroatoms. The second-order valence-electron chi connectivity index (χ2n) is 5.34. The van der Waals surface area contributed by atoms with Gasteiger partial charge in [0.05, 0.1) is 5.56 Å². The van der Waals surface area contributed by atoms with E-state index in [9.17, 15) is 5.26 Å². The van der Waals surface area contributed by atoms with Gasteiger partial charge in [-0.15, -0.1) is 0 Å². The molecular formula is C18H19ClN2O. The number of halogens is 1. The summed E-state index contributed by atoms with van der Waals surface area (Å²) in [5.74, 6) is 1.27. The highest BCUT2D eigenvalue weighted by Crippen LogP contribution is 2.32. The van der Waals surface area contributed by atoms with Crippen molar-refractivity contribution in [2.75, 3.05) is 14.1 Å². The zero-order valence-corrected chi connectivity index (χ0v) is 13.8. The van der Waals surface area contributed by atoms with Gasteiger partial charge in [-0.05, 0) is 49.8 Å². The molecular weight excluding hydrogens is 296 g/mol. The van der Waals surface area contributed by atoms with Gasteiger partial charge in [-0.25, -0.2) is 0 Å². The number of nitrogens with zero attached hydrogens (tertiary/aromatic N) is 2. The first-order valence-corrected chi connectivity index (χ1v) is 7.56. The van der Waals surface area contributed by atoms with Gasteiger partial charge in [0.1, 0.15) is 17.6 Å². The van der Waals surface area contributed by atoms with Crippen LogP contribution in [0.4, 0.5) is 0 Å². The van der Waals surface area contributed by atoms with Crippen LogP contribution in [-0.2, 0) is 13.0 Å². The van der Waals surface area contributed by atoms with E-state index in [1.54, 1.807) is 18.2 Å². The highest BCUT2D eigenvalue weighted by molar-refractivity contribution is 6.30. The normalized spacial score (nSPS) is 10.5. The second-order valence-corrected chi connectivity index (χ2v) is 5.78. The smallest absolute Gasteiger partial charge is 0.146 e. The Morgan fingerprint density at radius 3 is 2.59 bits per heavy atom. The van der Waals surface area contributed by atoms with Gasteiger partial charge >= 0.3 is 0 Å². The summed E-state index contributed by atoms with van der Waals surface area (Å²) in [6.07, 6.45) is 0.863. The van der Waals surface area contributed by atoms with Crippen LogP contribution in [0, 0.1) is 11.3 Å². The van der Waals surface area contributed by atoms with Crippen molar-refractivity contribution in [3.8, 4) is 17.6 Å². The topological polar surface area (TPSA) is 36.3 Å². The van der Waals surface area contributed by atoms with E-state index in [1.165, 1.54) is 5.56 Å². The minimum absolute atomic E-state index is 0.476. The Morgan fingerprint density at radius 2 is 1.95 bits per heavy atom. The number of ether oxygens (including phenoxy) is 1. The zero-order valence-electron chi connectivity index (χ0n) is 13.1. The fraction of sp³-hybridized carbons (Fsp3) is 0.278. The van der Waals surface area contributed by atoms with Gasteiger partial charge in [0, 0.05) is 17.6 Å². The highest BCUT2D eigenvalue weighted by Gasteiger charge is 2.12. The van der Waals surface area contributed by atoms with Crippen LogP contribution in [0.1, 0.15) is 23.6 Å². The molecule has 0 spiro atoms. The first-order valence-electron chi connectivity index (χ1n) is 7.18. The molecule has 0 unspecified atom stereocenters. The van der Waals surface area contributed by atoms with E-state index < -0.39 is 0 Å². The van der Waals surface area contributed by atoms with Crippen molar-refractivity contribution in [3.63, 3.8) is 0 Å². The number of rotatable bonds is 5. The Morgan fingerprint density at radius 1 is 1.18 bits per heavy atom. The Labute approximate surface area is 136 Å².